The number of nitrogens with zero attached hydrogens (tertiary/aromatic N) is 4. The third-order valence-electron chi connectivity index (χ3n) is 3.51. The molecule has 2 N–H and O–H groups in total. The first-order valence-electron chi connectivity index (χ1n) is 6.77. The molecule has 106 valence electrons. The van der Waals surface area contributed by atoms with Crippen LogP contribution in [0.3, 0.4) is 0 Å². The fourth-order valence-corrected chi connectivity index (χ4v) is 2.42. The monoisotopic (exact) mass is 274 g/mol. The van der Waals surface area contributed by atoms with Crippen LogP contribution in [-0.2, 0) is 7.05 Å². The maximum Gasteiger partial charge on any atom is 0.258 e. The summed E-state index contributed by atoms with van der Waals surface area (Å²) < 4.78 is 3.55. The van der Waals surface area contributed by atoms with Gasteiger partial charge >= 0.3 is 0 Å². The zero-order valence-electron chi connectivity index (χ0n) is 11.4. The Hall–Kier alpha value is -2.15. The number of aryl methyl sites for hydroxylation is 1. The summed E-state index contributed by atoms with van der Waals surface area (Å²) in [4.78, 5) is 12.0. The molecule has 1 aliphatic heterocycles. The van der Waals surface area contributed by atoms with Gasteiger partial charge in [-0.2, -0.15) is 10.2 Å². The van der Waals surface area contributed by atoms with E-state index in [1.54, 1.807) is 30.3 Å². The number of rotatable bonds is 3. The molecule has 0 radical (unpaired) electrons. The molecule has 7 nitrogen and oxygen atoms in total. The maximum absolute atomic E-state index is 12.0. The van der Waals surface area contributed by atoms with Gasteiger partial charge in [0, 0.05) is 19.4 Å². The Kier molecular flexibility index (Phi) is 3.51. The van der Waals surface area contributed by atoms with Crippen LogP contribution in [0, 0.1) is 0 Å². The maximum atomic E-state index is 12.0. The van der Waals surface area contributed by atoms with Crippen molar-refractivity contribution >= 4 is 11.6 Å². The lowest BCUT2D eigenvalue weighted by molar-refractivity contribution is 0.102. The van der Waals surface area contributed by atoms with E-state index in [2.05, 4.69) is 20.8 Å². The molecule has 0 bridgehead atoms. The Morgan fingerprint density at radius 1 is 1.30 bits per heavy atom. The van der Waals surface area contributed by atoms with Crippen LogP contribution in [0.1, 0.15) is 29.2 Å². The summed E-state index contributed by atoms with van der Waals surface area (Å²) >= 11 is 0. The van der Waals surface area contributed by atoms with Crippen molar-refractivity contribution < 1.29 is 4.79 Å². The van der Waals surface area contributed by atoms with Crippen molar-refractivity contribution in [2.45, 2.75) is 18.9 Å². The molecule has 0 aliphatic carbocycles. The van der Waals surface area contributed by atoms with Crippen LogP contribution >= 0.6 is 0 Å². The molecule has 0 spiro atoms. The largest absolute Gasteiger partial charge is 0.319 e. The zero-order chi connectivity index (χ0) is 13.9. The van der Waals surface area contributed by atoms with E-state index in [4.69, 9.17) is 0 Å². The van der Waals surface area contributed by atoms with Crippen LogP contribution < -0.4 is 10.6 Å². The summed E-state index contributed by atoms with van der Waals surface area (Å²) in [6.07, 6.45) is 8.95. The number of carbonyl (C=O) groups is 1. The molecule has 1 fully saturated rings. The average Bonchev–Trinajstić information content (AvgIpc) is 3.09. The Labute approximate surface area is 117 Å². The minimum absolute atomic E-state index is 0.164. The van der Waals surface area contributed by atoms with Crippen LogP contribution in [0.15, 0.2) is 24.8 Å². The fourth-order valence-electron chi connectivity index (χ4n) is 2.42. The molecule has 0 atom stereocenters. The summed E-state index contributed by atoms with van der Waals surface area (Å²) in [5.41, 5.74) is 1.26. The van der Waals surface area contributed by atoms with Crippen LogP contribution in [0.5, 0.6) is 0 Å². The highest BCUT2D eigenvalue weighted by Crippen LogP contribution is 2.19. The third kappa shape index (κ3) is 2.72. The van der Waals surface area contributed by atoms with Gasteiger partial charge in [-0.15, -0.1) is 0 Å². The van der Waals surface area contributed by atoms with Gasteiger partial charge in [0.25, 0.3) is 5.91 Å². The number of piperidine rings is 1. The average molecular weight is 274 g/mol. The van der Waals surface area contributed by atoms with Gasteiger partial charge in [0.1, 0.15) is 0 Å². The lowest BCUT2D eigenvalue weighted by Crippen LogP contribution is -2.29. The number of nitrogens with one attached hydrogen (secondary N) is 2. The van der Waals surface area contributed by atoms with Gasteiger partial charge in [-0.1, -0.05) is 0 Å². The van der Waals surface area contributed by atoms with E-state index in [1.807, 2.05) is 10.9 Å². The summed E-state index contributed by atoms with van der Waals surface area (Å²) in [5, 5.41) is 14.5. The molecular weight excluding hydrogens is 256 g/mol. The summed E-state index contributed by atoms with van der Waals surface area (Å²) in [5.74, 6) is -0.164. The molecule has 2 aromatic rings. The standard InChI is InChI=1S/C13H18N6O/c1-18-8-10(6-15-18)13(20)17-11-7-16-19(9-11)12-2-4-14-5-3-12/h6-9,12,14H,2-5H2,1H3,(H,17,20). The predicted molar refractivity (Wildman–Crippen MR) is 74.5 cm³/mol. The van der Waals surface area contributed by atoms with Gasteiger partial charge in [-0.25, -0.2) is 0 Å². The predicted octanol–water partition coefficient (Wildman–Crippen LogP) is 0.793. The van der Waals surface area contributed by atoms with Crippen molar-refractivity contribution in [3.8, 4) is 0 Å². The van der Waals surface area contributed by atoms with Gasteiger partial charge in [-0.3, -0.25) is 14.2 Å². The highest BCUT2D eigenvalue weighted by Gasteiger charge is 2.16. The molecule has 3 heterocycles. The molecule has 1 saturated heterocycles. The SMILES string of the molecule is Cn1cc(C(=O)Nc2cnn(C3CCNCC3)c2)cn1. The van der Waals surface area contributed by atoms with Crippen LogP contribution in [0.2, 0.25) is 0 Å². The molecule has 0 saturated carbocycles. The number of hydrogen-bond acceptors (Lipinski definition) is 4. The Bertz CT molecular complexity index is 596. The van der Waals surface area contributed by atoms with E-state index in [1.165, 1.54) is 0 Å². The van der Waals surface area contributed by atoms with Gasteiger partial charge in [-0.05, 0) is 25.9 Å². The van der Waals surface area contributed by atoms with Crippen molar-refractivity contribution in [2.24, 2.45) is 7.05 Å². The second-order valence-corrected chi connectivity index (χ2v) is 5.05. The zero-order valence-corrected chi connectivity index (χ0v) is 11.4. The molecule has 2 aromatic heterocycles. The Balaban J connectivity index is 1.66. The lowest BCUT2D eigenvalue weighted by Gasteiger charge is -2.22. The minimum atomic E-state index is -0.164. The second kappa shape index (κ2) is 5.46. The molecule has 0 aromatic carbocycles. The van der Waals surface area contributed by atoms with Gasteiger partial charge in [0.2, 0.25) is 0 Å². The highest BCUT2D eigenvalue weighted by molar-refractivity contribution is 6.03. The van der Waals surface area contributed by atoms with Crippen LogP contribution in [0.25, 0.3) is 0 Å². The molecule has 3 rings (SSSR count). The lowest BCUT2D eigenvalue weighted by atomic mass is 10.1. The molecular formula is C13H18N6O. The quantitative estimate of drug-likeness (QED) is 0.867. The van der Waals surface area contributed by atoms with E-state index in [0.29, 0.717) is 11.6 Å². The van der Waals surface area contributed by atoms with Crippen molar-refractivity contribution in [3.05, 3.63) is 30.4 Å². The van der Waals surface area contributed by atoms with Crippen molar-refractivity contribution in [1.82, 2.24) is 24.9 Å². The molecule has 7 heteroatoms. The number of anilines is 1. The van der Waals surface area contributed by atoms with Crippen molar-refractivity contribution in [1.29, 1.82) is 0 Å². The Morgan fingerprint density at radius 3 is 2.80 bits per heavy atom. The fraction of sp³-hybridized carbons (Fsp3) is 0.462. The summed E-state index contributed by atoms with van der Waals surface area (Å²) in [6.45, 7) is 2.03. The number of hydrogen-bond donors (Lipinski definition) is 2. The summed E-state index contributed by atoms with van der Waals surface area (Å²) in [6, 6.07) is 0.417. The van der Waals surface area contributed by atoms with Crippen molar-refractivity contribution in [3.63, 3.8) is 0 Å². The molecule has 1 aliphatic rings. The van der Waals surface area contributed by atoms with E-state index in [-0.39, 0.29) is 5.91 Å². The highest BCUT2D eigenvalue weighted by atomic mass is 16.1. The summed E-state index contributed by atoms with van der Waals surface area (Å²) in [7, 11) is 1.78. The number of amides is 1. The van der Waals surface area contributed by atoms with Gasteiger partial charge in [0.15, 0.2) is 0 Å². The first-order valence-corrected chi connectivity index (χ1v) is 6.77. The number of aromatic nitrogens is 4. The first-order chi connectivity index (χ1) is 9.72. The van der Waals surface area contributed by atoms with E-state index in [9.17, 15) is 4.79 Å². The first kappa shape index (κ1) is 12.9. The third-order valence-corrected chi connectivity index (χ3v) is 3.51. The van der Waals surface area contributed by atoms with E-state index in [0.717, 1.165) is 31.6 Å². The number of carbonyl (C=O) groups excluding carboxylic acids is 1. The topological polar surface area (TPSA) is 76.8 Å². The normalized spacial score (nSPS) is 16.2. The molecule has 1 amide bonds. The second-order valence-electron chi connectivity index (χ2n) is 5.05. The van der Waals surface area contributed by atoms with E-state index < -0.39 is 0 Å². The van der Waals surface area contributed by atoms with Crippen LogP contribution in [0.4, 0.5) is 5.69 Å². The smallest absolute Gasteiger partial charge is 0.258 e. The van der Waals surface area contributed by atoms with Crippen LogP contribution in [-0.4, -0.2) is 38.6 Å². The van der Waals surface area contributed by atoms with E-state index >= 15 is 0 Å². The minimum Gasteiger partial charge on any atom is -0.319 e. The van der Waals surface area contributed by atoms with Gasteiger partial charge < -0.3 is 10.6 Å². The molecule has 0 unspecified atom stereocenters. The van der Waals surface area contributed by atoms with Crippen molar-refractivity contribution in [2.75, 3.05) is 18.4 Å². The molecule has 20 heavy (non-hydrogen) atoms. The van der Waals surface area contributed by atoms with Gasteiger partial charge in [0.05, 0.1) is 29.7 Å². The Morgan fingerprint density at radius 2 is 2.10 bits per heavy atom.